The third-order valence-corrected chi connectivity index (χ3v) is 1.22. The smallest absolute Gasteiger partial charge is 0.0829 e. The minimum absolute atomic E-state index is 0.140. The van der Waals surface area contributed by atoms with E-state index in [0.29, 0.717) is 0 Å². The Bertz CT molecular complexity index is 223. The molecule has 0 bridgehead atoms. The molecule has 0 radical (unpaired) electrons. The van der Waals surface area contributed by atoms with E-state index >= 15 is 0 Å². The lowest BCUT2D eigenvalue weighted by Gasteiger charge is -1.89. The summed E-state index contributed by atoms with van der Waals surface area (Å²) in [6, 6.07) is 9.52. The summed E-state index contributed by atoms with van der Waals surface area (Å²) in [7, 11) is 0. The largest absolute Gasteiger partial charge is 0.474 e. The molecule has 0 fully saturated rings. The lowest BCUT2D eigenvalue weighted by molar-refractivity contribution is 0.282. The van der Waals surface area contributed by atoms with Gasteiger partial charge in [0.2, 0.25) is 0 Å². The average molecular weight is 178 g/mol. The van der Waals surface area contributed by atoms with Gasteiger partial charge in [-0.1, -0.05) is 43.5 Å². The van der Waals surface area contributed by atoms with Gasteiger partial charge in [0, 0.05) is 0 Å². The summed E-state index contributed by atoms with van der Waals surface area (Å²) in [6.07, 6.45) is 2.62. The second-order valence-electron chi connectivity index (χ2n) is 2.11. The number of ether oxygens (including phenoxy) is 1. The van der Waals surface area contributed by atoms with Crippen LogP contribution in [-0.4, -0.2) is 5.11 Å². The summed E-state index contributed by atoms with van der Waals surface area (Å²) in [4.78, 5) is 0. The molecule has 0 aliphatic rings. The Morgan fingerprint density at radius 3 is 1.92 bits per heavy atom. The number of aliphatic hydroxyl groups excluding tert-OH is 1. The molecule has 0 saturated carbocycles. The Hall–Kier alpha value is -1.54. The van der Waals surface area contributed by atoms with Crippen LogP contribution in [0.2, 0.25) is 0 Å². The molecule has 0 amide bonds. The van der Waals surface area contributed by atoms with Gasteiger partial charge >= 0.3 is 0 Å². The Labute approximate surface area is 78.8 Å². The molecule has 0 unspecified atom stereocenters. The predicted octanol–water partition coefficient (Wildman–Crippen LogP) is 2.47. The zero-order valence-corrected chi connectivity index (χ0v) is 7.52. The lowest BCUT2D eigenvalue weighted by atomic mass is 10.2. The number of benzene rings is 1. The van der Waals surface area contributed by atoms with Crippen LogP contribution in [0.25, 0.3) is 0 Å². The van der Waals surface area contributed by atoms with Crippen molar-refractivity contribution in [3.05, 3.63) is 61.6 Å². The van der Waals surface area contributed by atoms with E-state index in [9.17, 15) is 0 Å². The van der Waals surface area contributed by atoms with Gasteiger partial charge in [0.25, 0.3) is 0 Å². The number of hydrogen-bond acceptors (Lipinski definition) is 2. The summed E-state index contributed by atoms with van der Waals surface area (Å²) in [5, 5.41) is 8.54. The van der Waals surface area contributed by atoms with Crippen molar-refractivity contribution in [2.45, 2.75) is 6.61 Å². The van der Waals surface area contributed by atoms with Crippen LogP contribution in [0.15, 0.2) is 56.0 Å². The maximum absolute atomic E-state index is 8.54. The molecule has 0 aliphatic carbocycles. The number of hydrogen-bond donors (Lipinski definition) is 1. The monoisotopic (exact) mass is 178 g/mol. The molecule has 1 aromatic carbocycles. The molecular formula is C11H14O2. The Balaban J connectivity index is 0.000000252. The maximum atomic E-state index is 8.54. The molecular weight excluding hydrogens is 164 g/mol. The van der Waals surface area contributed by atoms with Crippen molar-refractivity contribution in [1.29, 1.82) is 0 Å². The highest BCUT2D eigenvalue weighted by Crippen LogP contribution is 1.95. The van der Waals surface area contributed by atoms with Gasteiger partial charge in [-0.15, -0.1) is 0 Å². The first-order valence-corrected chi connectivity index (χ1v) is 3.87. The van der Waals surface area contributed by atoms with Crippen LogP contribution < -0.4 is 0 Å². The SMILES string of the molecule is C=COC=C.OCc1ccccc1. The Morgan fingerprint density at radius 2 is 1.69 bits per heavy atom. The number of rotatable bonds is 3. The molecule has 13 heavy (non-hydrogen) atoms. The molecule has 70 valence electrons. The van der Waals surface area contributed by atoms with Gasteiger partial charge in [-0.2, -0.15) is 0 Å². The van der Waals surface area contributed by atoms with E-state index < -0.39 is 0 Å². The summed E-state index contributed by atoms with van der Waals surface area (Å²) in [5.41, 5.74) is 0.965. The normalized spacial score (nSPS) is 7.77. The predicted molar refractivity (Wildman–Crippen MR) is 53.8 cm³/mol. The molecule has 1 N–H and O–H groups in total. The van der Waals surface area contributed by atoms with Crippen LogP contribution in [0.5, 0.6) is 0 Å². The Kier molecular flexibility index (Phi) is 7.54. The molecule has 0 saturated heterocycles. The highest BCUT2D eigenvalue weighted by Gasteiger charge is 1.81. The minimum atomic E-state index is 0.140. The van der Waals surface area contributed by atoms with Crippen molar-refractivity contribution in [3.8, 4) is 0 Å². The van der Waals surface area contributed by atoms with Crippen LogP contribution in [0.3, 0.4) is 0 Å². The summed E-state index contributed by atoms with van der Waals surface area (Å²) >= 11 is 0. The molecule has 1 aromatic rings. The van der Waals surface area contributed by atoms with E-state index in [1.807, 2.05) is 30.3 Å². The van der Waals surface area contributed by atoms with Crippen molar-refractivity contribution in [3.63, 3.8) is 0 Å². The lowest BCUT2D eigenvalue weighted by Crippen LogP contribution is -1.77. The van der Waals surface area contributed by atoms with Gasteiger partial charge in [-0.3, -0.25) is 0 Å². The van der Waals surface area contributed by atoms with E-state index in [0.717, 1.165) is 5.56 Å². The van der Waals surface area contributed by atoms with Crippen LogP contribution in [-0.2, 0) is 11.3 Å². The van der Waals surface area contributed by atoms with Crippen molar-refractivity contribution in [2.75, 3.05) is 0 Å². The maximum Gasteiger partial charge on any atom is 0.0829 e. The first-order valence-electron chi connectivity index (χ1n) is 3.87. The molecule has 2 heteroatoms. The van der Waals surface area contributed by atoms with Gasteiger partial charge in [0.1, 0.15) is 0 Å². The first kappa shape index (κ1) is 11.5. The van der Waals surface area contributed by atoms with E-state index in [4.69, 9.17) is 5.11 Å². The highest BCUT2D eigenvalue weighted by molar-refractivity contribution is 5.12. The molecule has 0 atom stereocenters. The standard InChI is InChI=1S/C7H8O.C4H6O/c8-6-7-4-2-1-3-5-7;1-3-5-4-2/h1-5,8H,6H2;3-4H,1-2H2. The van der Waals surface area contributed by atoms with E-state index in [1.165, 1.54) is 12.5 Å². The van der Waals surface area contributed by atoms with Crippen LogP contribution in [0.4, 0.5) is 0 Å². The topological polar surface area (TPSA) is 29.5 Å². The van der Waals surface area contributed by atoms with Crippen LogP contribution in [0, 0.1) is 0 Å². The summed E-state index contributed by atoms with van der Waals surface area (Å²) < 4.78 is 4.36. The third kappa shape index (κ3) is 6.84. The van der Waals surface area contributed by atoms with Gasteiger partial charge in [-0.05, 0) is 5.56 Å². The van der Waals surface area contributed by atoms with E-state index in [-0.39, 0.29) is 6.61 Å². The Morgan fingerprint density at radius 1 is 1.15 bits per heavy atom. The first-order chi connectivity index (χ1) is 6.35. The van der Waals surface area contributed by atoms with Crippen molar-refractivity contribution in [1.82, 2.24) is 0 Å². The van der Waals surface area contributed by atoms with Crippen LogP contribution in [0.1, 0.15) is 5.56 Å². The molecule has 0 aliphatic heterocycles. The fourth-order valence-electron chi connectivity index (χ4n) is 0.651. The highest BCUT2D eigenvalue weighted by atomic mass is 16.5. The van der Waals surface area contributed by atoms with E-state index in [1.54, 1.807) is 0 Å². The second-order valence-corrected chi connectivity index (χ2v) is 2.11. The van der Waals surface area contributed by atoms with Crippen molar-refractivity contribution >= 4 is 0 Å². The minimum Gasteiger partial charge on any atom is -0.474 e. The van der Waals surface area contributed by atoms with Crippen LogP contribution >= 0.6 is 0 Å². The van der Waals surface area contributed by atoms with Gasteiger partial charge < -0.3 is 9.84 Å². The molecule has 0 aromatic heterocycles. The summed E-state index contributed by atoms with van der Waals surface area (Å²) in [5.74, 6) is 0. The molecule has 0 spiro atoms. The fraction of sp³-hybridized carbons (Fsp3) is 0.0909. The molecule has 1 rings (SSSR count). The molecule has 2 nitrogen and oxygen atoms in total. The van der Waals surface area contributed by atoms with Crippen molar-refractivity contribution in [2.24, 2.45) is 0 Å². The fourth-order valence-corrected chi connectivity index (χ4v) is 0.651. The van der Waals surface area contributed by atoms with Gasteiger partial charge in [-0.25, -0.2) is 0 Å². The molecule has 0 heterocycles. The number of aliphatic hydroxyl groups is 1. The van der Waals surface area contributed by atoms with Crippen molar-refractivity contribution < 1.29 is 9.84 Å². The van der Waals surface area contributed by atoms with E-state index in [2.05, 4.69) is 17.9 Å². The average Bonchev–Trinajstić information content (AvgIpc) is 2.21. The summed E-state index contributed by atoms with van der Waals surface area (Å²) in [6.45, 7) is 6.65. The van der Waals surface area contributed by atoms with Gasteiger partial charge in [0.05, 0.1) is 19.1 Å². The second kappa shape index (κ2) is 8.56. The van der Waals surface area contributed by atoms with Gasteiger partial charge in [0.15, 0.2) is 0 Å². The zero-order chi connectivity index (χ0) is 9.94. The zero-order valence-electron chi connectivity index (χ0n) is 7.52. The third-order valence-electron chi connectivity index (χ3n) is 1.22. The quantitative estimate of drug-likeness (QED) is 0.720.